The van der Waals surface area contributed by atoms with Gasteiger partial charge in [-0.05, 0) is 31.4 Å². The van der Waals surface area contributed by atoms with Crippen LogP contribution in [0.1, 0.15) is 25.3 Å². The number of aliphatic hydroxyl groups is 1. The van der Waals surface area contributed by atoms with Crippen LogP contribution in [0.5, 0.6) is 0 Å². The maximum Gasteiger partial charge on any atom is 0.322 e. The first-order valence-electron chi connectivity index (χ1n) is 7.01. The van der Waals surface area contributed by atoms with Crippen molar-refractivity contribution in [1.82, 2.24) is 0 Å². The average molecular weight is 291 g/mol. The van der Waals surface area contributed by atoms with E-state index in [1.54, 1.807) is 31.2 Å². The molecule has 2 atom stereocenters. The van der Waals surface area contributed by atoms with Crippen molar-refractivity contribution in [3.8, 4) is 0 Å². The Morgan fingerprint density at radius 1 is 1.48 bits per heavy atom. The fourth-order valence-corrected chi connectivity index (χ4v) is 3.20. The van der Waals surface area contributed by atoms with Crippen molar-refractivity contribution in [3.05, 3.63) is 29.8 Å². The Labute approximate surface area is 122 Å². The van der Waals surface area contributed by atoms with Gasteiger partial charge in [0, 0.05) is 5.69 Å². The lowest BCUT2D eigenvalue weighted by atomic mass is 9.66. The first kappa shape index (κ1) is 14.0. The Balaban J connectivity index is 2.25. The van der Waals surface area contributed by atoms with Gasteiger partial charge in [-0.3, -0.25) is 9.59 Å². The maximum absolute atomic E-state index is 12.6. The van der Waals surface area contributed by atoms with Gasteiger partial charge in [-0.25, -0.2) is 0 Å². The second-order valence-corrected chi connectivity index (χ2v) is 5.22. The van der Waals surface area contributed by atoms with Crippen molar-refractivity contribution in [2.75, 3.05) is 18.5 Å². The van der Waals surface area contributed by atoms with Gasteiger partial charge in [0.1, 0.15) is 0 Å². The van der Waals surface area contributed by atoms with Crippen molar-refractivity contribution in [1.29, 1.82) is 0 Å². The molecule has 1 fully saturated rings. The number of hydrogen-bond donors (Lipinski definition) is 2. The molecule has 0 radical (unpaired) electrons. The van der Waals surface area contributed by atoms with Crippen LogP contribution in [-0.4, -0.2) is 36.0 Å². The van der Waals surface area contributed by atoms with E-state index in [4.69, 9.17) is 9.47 Å². The zero-order valence-corrected chi connectivity index (χ0v) is 11.7. The molecule has 3 rings (SSSR count). The molecule has 2 aliphatic rings. The Morgan fingerprint density at radius 2 is 2.24 bits per heavy atom. The molecule has 1 amide bonds. The van der Waals surface area contributed by atoms with Crippen molar-refractivity contribution in [3.63, 3.8) is 0 Å². The summed E-state index contributed by atoms with van der Waals surface area (Å²) < 4.78 is 10.5. The van der Waals surface area contributed by atoms with Crippen LogP contribution in [0, 0.1) is 0 Å². The number of hydrogen-bond acceptors (Lipinski definition) is 5. The number of esters is 1. The van der Waals surface area contributed by atoms with E-state index in [9.17, 15) is 14.7 Å². The summed E-state index contributed by atoms with van der Waals surface area (Å²) in [6.07, 6.45) is 0.857. The number of rotatable bonds is 2. The third kappa shape index (κ3) is 1.72. The predicted octanol–water partition coefficient (Wildman–Crippen LogP) is 0.939. The van der Waals surface area contributed by atoms with Crippen LogP contribution in [0.4, 0.5) is 5.69 Å². The van der Waals surface area contributed by atoms with Gasteiger partial charge in [-0.1, -0.05) is 18.2 Å². The van der Waals surface area contributed by atoms with Gasteiger partial charge in [0.05, 0.1) is 13.2 Å². The van der Waals surface area contributed by atoms with Crippen LogP contribution < -0.4 is 5.32 Å². The molecule has 0 saturated carbocycles. The van der Waals surface area contributed by atoms with Gasteiger partial charge in [-0.2, -0.15) is 0 Å². The Hall–Kier alpha value is -1.92. The summed E-state index contributed by atoms with van der Waals surface area (Å²) in [6, 6.07) is 6.92. The lowest BCUT2D eigenvalue weighted by Gasteiger charge is -2.49. The lowest BCUT2D eigenvalue weighted by Crippen LogP contribution is -2.69. The quantitative estimate of drug-likeness (QED) is 0.792. The molecule has 2 heterocycles. The molecule has 0 aliphatic carbocycles. The summed E-state index contributed by atoms with van der Waals surface area (Å²) in [5, 5.41) is 13.4. The van der Waals surface area contributed by atoms with E-state index >= 15 is 0 Å². The van der Waals surface area contributed by atoms with Gasteiger partial charge >= 0.3 is 5.97 Å². The molecule has 0 bridgehead atoms. The molecule has 0 aromatic heterocycles. The van der Waals surface area contributed by atoms with Crippen LogP contribution in [0.3, 0.4) is 0 Å². The predicted molar refractivity (Wildman–Crippen MR) is 73.5 cm³/mol. The molecule has 6 nitrogen and oxygen atoms in total. The monoisotopic (exact) mass is 291 g/mol. The summed E-state index contributed by atoms with van der Waals surface area (Å²) in [4.78, 5) is 25.0. The third-order valence-electron chi connectivity index (χ3n) is 4.15. The minimum atomic E-state index is -2.23. The fraction of sp³-hybridized carbons (Fsp3) is 0.467. The molecule has 2 N–H and O–H groups in total. The molecule has 0 unspecified atom stereocenters. The highest BCUT2D eigenvalue weighted by Gasteiger charge is 2.67. The molecule has 2 aliphatic heterocycles. The lowest BCUT2D eigenvalue weighted by molar-refractivity contribution is -0.256. The van der Waals surface area contributed by atoms with Crippen LogP contribution in [0.25, 0.3) is 0 Å². The molecule has 1 aromatic carbocycles. The van der Waals surface area contributed by atoms with E-state index in [-0.39, 0.29) is 13.2 Å². The number of nitrogens with one attached hydrogen (secondary N) is 1. The Bertz CT molecular complexity index is 601. The number of amides is 1. The zero-order chi connectivity index (χ0) is 15.1. The molecule has 1 saturated heterocycles. The normalized spacial score (nSPS) is 30.9. The number of benzene rings is 1. The Kier molecular flexibility index (Phi) is 3.22. The van der Waals surface area contributed by atoms with E-state index in [1.807, 2.05) is 0 Å². The SMILES string of the molecule is CCOC(=O)[C@]12CCCO[C@@]1(O)C(=O)Nc1ccccc12. The van der Waals surface area contributed by atoms with Crippen LogP contribution in [0.15, 0.2) is 24.3 Å². The minimum Gasteiger partial charge on any atom is -0.465 e. The number of carbonyl (C=O) groups excluding carboxylic acids is 2. The van der Waals surface area contributed by atoms with Gasteiger partial charge in [0.2, 0.25) is 0 Å². The van der Waals surface area contributed by atoms with Crippen molar-refractivity contribution >= 4 is 17.6 Å². The van der Waals surface area contributed by atoms with E-state index in [0.717, 1.165) is 0 Å². The number of para-hydroxylation sites is 1. The third-order valence-corrected chi connectivity index (χ3v) is 4.15. The first-order valence-corrected chi connectivity index (χ1v) is 7.01. The summed E-state index contributed by atoms with van der Waals surface area (Å²) in [5.41, 5.74) is -0.476. The number of carbonyl (C=O) groups is 2. The van der Waals surface area contributed by atoms with E-state index in [2.05, 4.69) is 5.32 Å². The summed E-state index contributed by atoms with van der Waals surface area (Å²) in [6.45, 7) is 2.07. The number of ether oxygens (including phenoxy) is 2. The van der Waals surface area contributed by atoms with Crippen LogP contribution in [0.2, 0.25) is 0 Å². The van der Waals surface area contributed by atoms with Crippen molar-refractivity contribution in [2.24, 2.45) is 0 Å². The average Bonchev–Trinajstić information content (AvgIpc) is 2.48. The molecule has 0 spiro atoms. The highest BCUT2D eigenvalue weighted by molar-refractivity contribution is 6.07. The standard InChI is InChI=1S/C15H17NO5/c1-2-20-13(18)14-8-5-9-21-15(14,19)12(17)16-11-7-4-3-6-10(11)14/h3-4,6-7,19H,2,5,8-9H2,1H3,(H,16,17)/t14-,15+/m1/s1. The molecular formula is C15H17NO5. The summed E-state index contributed by atoms with van der Waals surface area (Å²) >= 11 is 0. The first-order chi connectivity index (χ1) is 10.1. The Morgan fingerprint density at radius 3 is 3.00 bits per heavy atom. The largest absolute Gasteiger partial charge is 0.465 e. The van der Waals surface area contributed by atoms with E-state index in [0.29, 0.717) is 24.1 Å². The zero-order valence-electron chi connectivity index (χ0n) is 11.7. The van der Waals surface area contributed by atoms with Crippen molar-refractivity contribution < 1.29 is 24.2 Å². The molecule has 6 heteroatoms. The maximum atomic E-state index is 12.6. The number of anilines is 1. The molecule has 1 aromatic rings. The molecule has 21 heavy (non-hydrogen) atoms. The summed E-state index contributed by atoms with van der Waals surface area (Å²) in [7, 11) is 0. The fourth-order valence-electron chi connectivity index (χ4n) is 3.20. The van der Waals surface area contributed by atoms with Gasteiger partial charge in [0.25, 0.3) is 11.7 Å². The van der Waals surface area contributed by atoms with Gasteiger partial charge < -0.3 is 19.9 Å². The van der Waals surface area contributed by atoms with Gasteiger partial charge in [-0.15, -0.1) is 0 Å². The second-order valence-electron chi connectivity index (χ2n) is 5.22. The number of fused-ring (bicyclic) bond motifs is 3. The molecule has 112 valence electrons. The minimum absolute atomic E-state index is 0.167. The van der Waals surface area contributed by atoms with E-state index < -0.39 is 23.1 Å². The van der Waals surface area contributed by atoms with E-state index in [1.165, 1.54) is 0 Å². The van der Waals surface area contributed by atoms with Crippen molar-refractivity contribution in [2.45, 2.75) is 31.0 Å². The van der Waals surface area contributed by atoms with Gasteiger partial charge in [0.15, 0.2) is 5.41 Å². The highest BCUT2D eigenvalue weighted by Crippen LogP contribution is 2.50. The van der Waals surface area contributed by atoms with Crippen LogP contribution >= 0.6 is 0 Å². The topological polar surface area (TPSA) is 84.9 Å². The van der Waals surface area contributed by atoms with Crippen LogP contribution in [-0.2, 0) is 24.5 Å². The smallest absolute Gasteiger partial charge is 0.322 e. The highest BCUT2D eigenvalue weighted by atomic mass is 16.6. The second kappa shape index (κ2) is 4.82. The molecular weight excluding hydrogens is 274 g/mol. The summed E-state index contributed by atoms with van der Waals surface area (Å²) in [5.74, 6) is -3.59.